The lowest BCUT2D eigenvalue weighted by Crippen LogP contribution is -2.13. The highest BCUT2D eigenvalue weighted by Crippen LogP contribution is 2.27. The minimum Gasteiger partial charge on any atom is -0.497 e. The second-order valence-corrected chi connectivity index (χ2v) is 5.20. The smallest absolute Gasteiger partial charge is 0.170 e. The van der Waals surface area contributed by atoms with Gasteiger partial charge in [-0.25, -0.2) is 0 Å². The van der Waals surface area contributed by atoms with Gasteiger partial charge >= 0.3 is 0 Å². The van der Waals surface area contributed by atoms with Gasteiger partial charge in [0.05, 0.1) is 7.11 Å². The highest BCUT2D eigenvalue weighted by molar-refractivity contribution is 6.01. The number of hydrogen-bond donors (Lipinski definition) is 0. The van der Waals surface area contributed by atoms with Crippen LogP contribution in [0.3, 0.4) is 0 Å². The summed E-state index contributed by atoms with van der Waals surface area (Å²) in [7, 11) is 1.63. The Bertz CT molecular complexity index is 558. The first-order chi connectivity index (χ1) is 10.3. The fraction of sp³-hybridized carbons (Fsp3) is 0.316. The molecule has 2 rings (SSSR count). The average molecular weight is 282 g/mol. The molecule has 1 atom stereocenters. The van der Waals surface area contributed by atoms with Crippen molar-refractivity contribution in [2.45, 2.75) is 32.1 Å². The molecule has 0 saturated heterocycles. The van der Waals surface area contributed by atoms with E-state index in [0.717, 1.165) is 36.1 Å². The van der Waals surface area contributed by atoms with Gasteiger partial charge in [-0.3, -0.25) is 4.79 Å². The lowest BCUT2D eigenvalue weighted by atomic mass is 9.86. The Balaban J connectivity index is 2.24. The summed E-state index contributed by atoms with van der Waals surface area (Å²) in [6, 6.07) is 17.4. The number of carbonyl (C=O) groups is 1. The quantitative estimate of drug-likeness (QED) is 0.678. The zero-order valence-corrected chi connectivity index (χ0v) is 12.7. The number of ketones is 1. The number of methoxy groups -OCH3 is 1. The van der Waals surface area contributed by atoms with Crippen LogP contribution in [0.25, 0.3) is 0 Å². The summed E-state index contributed by atoms with van der Waals surface area (Å²) in [4.78, 5) is 12.8. The van der Waals surface area contributed by atoms with E-state index in [-0.39, 0.29) is 11.7 Å². The highest BCUT2D eigenvalue weighted by atomic mass is 16.5. The maximum absolute atomic E-state index is 12.8. The molecule has 0 N–H and O–H groups in total. The molecule has 0 fully saturated rings. The number of carbonyl (C=O) groups excluding carboxylic acids is 1. The Hall–Kier alpha value is -2.09. The molecule has 0 radical (unpaired) electrons. The van der Waals surface area contributed by atoms with Crippen LogP contribution in [0.1, 0.15) is 48.0 Å². The van der Waals surface area contributed by atoms with Crippen molar-refractivity contribution in [3.63, 3.8) is 0 Å². The third kappa shape index (κ3) is 3.94. The van der Waals surface area contributed by atoms with E-state index < -0.39 is 0 Å². The molecular weight excluding hydrogens is 260 g/mol. The summed E-state index contributed by atoms with van der Waals surface area (Å²) in [5.74, 6) is 0.910. The number of ether oxygens (including phenoxy) is 1. The van der Waals surface area contributed by atoms with E-state index in [0.29, 0.717) is 0 Å². The molecule has 1 unspecified atom stereocenters. The van der Waals surface area contributed by atoms with Gasteiger partial charge in [0, 0.05) is 11.5 Å². The molecule has 0 heterocycles. The van der Waals surface area contributed by atoms with Crippen LogP contribution in [0, 0.1) is 0 Å². The molecule has 2 aromatic carbocycles. The van der Waals surface area contributed by atoms with Crippen LogP contribution in [0.15, 0.2) is 54.6 Å². The number of unbranched alkanes of at least 4 members (excludes halogenated alkanes) is 1. The van der Waals surface area contributed by atoms with Gasteiger partial charge in [-0.15, -0.1) is 0 Å². The van der Waals surface area contributed by atoms with Gasteiger partial charge in [-0.2, -0.15) is 0 Å². The predicted octanol–water partition coefficient (Wildman–Crippen LogP) is 4.85. The van der Waals surface area contributed by atoms with Gasteiger partial charge in [0.25, 0.3) is 0 Å². The van der Waals surface area contributed by atoms with Crippen LogP contribution >= 0.6 is 0 Å². The van der Waals surface area contributed by atoms with Crippen LogP contribution in [0.4, 0.5) is 0 Å². The second-order valence-electron chi connectivity index (χ2n) is 5.20. The van der Waals surface area contributed by atoms with Crippen molar-refractivity contribution in [2.75, 3.05) is 7.11 Å². The summed E-state index contributed by atoms with van der Waals surface area (Å²) in [6.45, 7) is 2.15. The molecule has 2 heteroatoms. The van der Waals surface area contributed by atoms with E-state index in [9.17, 15) is 4.79 Å². The number of Topliss-reactive ketones (excluding diaryl/α,β-unsaturated/α-hetero) is 1. The first kappa shape index (κ1) is 15.3. The molecule has 0 bridgehead atoms. The molecule has 2 aromatic rings. The SMILES string of the molecule is CCCCC(C(=O)c1ccc(OC)cc1)c1ccccc1. The van der Waals surface area contributed by atoms with Gasteiger partial charge in [-0.05, 0) is 36.2 Å². The van der Waals surface area contributed by atoms with E-state index in [4.69, 9.17) is 4.74 Å². The van der Waals surface area contributed by atoms with Crippen LogP contribution < -0.4 is 4.74 Å². The minimum absolute atomic E-state index is 0.0560. The normalized spacial score (nSPS) is 11.9. The molecule has 110 valence electrons. The molecule has 0 spiro atoms. The first-order valence-electron chi connectivity index (χ1n) is 7.49. The summed E-state index contributed by atoms with van der Waals surface area (Å²) >= 11 is 0. The van der Waals surface area contributed by atoms with E-state index in [1.165, 1.54) is 0 Å². The number of rotatable bonds is 7. The second kappa shape index (κ2) is 7.63. The van der Waals surface area contributed by atoms with Crippen LogP contribution in [-0.2, 0) is 0 Å². The Labute approximate surface area is 126 Å². The van der Waals surface area contributed by atoms with Crippen LogP contribution in [0.2, 0.25) is 0 Å². The Morgan fingerprint density at radius 3 is 2.29 bits per heavy atom. The lowest BCUT2D eigenvalue weighted by molar-refractivity contribution is 0.0954. The maximum atomic E-state index is 12.8. The van der Waals surface area contributed by atoms with Crippen molar-refractivity contribution >= 4 is 5.78 Å². The molecule has 2 nitrogen and oxygen atoms in total. The molecule has 0 saturated carbocycles. The molecule has 0 aromatic heterocycles. The molecule has 0 aliphatic heterocycles. The van der Waals surface area contributed by atoms with Gasteiger partial charge in [-0.1, -0.05) is 50.1 Å². The summed E-state index contributed by atoms with van der Waals surface area (Å²) in [5.41, 5.74) is 1.85. The maximum Gasteiger partial charge on any atom is 0.170 e. The Morgan fingerprint density at radius 2 is 1.71 bits per heavy atom. The van der Waals surface area contributed by atoms with Crippen molar-refractivity contribution in [1.29, 1.82) is 0 Å². The number of benzene rings is 2. The van der Waals surface area contributed by atoms with Gasteiger partial charge < -0.3 is 4.74 Å². The zero-order chi connectivity index (χ0) is 15.1. The fourth-order valence-corrected chi connectivity index (χ4v) is 2.50. The van der Waals surface area contributed by atoms with Crippen molar-refractivity contribution in [3.05, 3.63) is 65.7 Å². The number of hydrogen-bond acceptors (Lipinski definition) is 2. The van der Waals surface area contributed by atoms with Gasteiger partial charge in [0.2, 0.25) is 0 Å². The van der Waals surface area contributed by atoms with Crippen molar-refractivity contribution in [1.82, 2.24) is 0 Å². The first-order valence-corrected chi connectivity index (χ1v) is 7.49. The van der Waals surface area contributed by atoms with Crippen molar-refractivity contribution < 1.29 is 9.53 Å². The van der Waals surface area contributed by atoms with Crippen molar-refractivity contribution in [3.8, 4) is 5.75 Å². The standard InChI is InChI=1S/C19H22O2/c1-3-4-10-18(15-8-6-5-7-9-15)19(20)16-11-13-17(21-2)14-12-16/h5-9,11-14,18H,3-4,10H2,1-2H3. The van der Waals surface area contributed by atoms with E-state index in [1.54, 1.807) is 7.11 Å². The zero-order valence-electron chi connectivity index (χ0n) is 12.7. The molecule has 0 aliphatic rings. The third-order valence-electron chi connectivity index (χ3n) is 3.74. The fourth-order valence-electron chi connectivity index (χ4n) is 2.50. The summed E-state index contributed by atoms with van der Waals surface area (Å²) in [5, 5.41) is 0. The van der Waals surface area contributed by atoms with E-state index in [1.807, 2.05) is 54.6 Å². The molecule has 0 amide bonds. The highest BCUT2D eigenvalue weighted by Gasteiger charge is 2.21. The Kier molecular flexibility index (Phi) is 5.56. The monoisotopic (exact) mass is 282 g/mol. The average Bonchev–Trinajstić information content (AvgIpc) is 2.56. The van der Waals surface area contributed by atoms with Gasteiger partial charge in [0.1, 0.15) is 5.75 Å². The van der Waals surface area contributed by atoms with Crippen LogP contribution in [0.5, 0.6) is 5.75 Å². The largest absolute Gasteiger partial charge is 0.497 e. The lowest BCUT2D eigenvalue weighted by Gasteiger charge is -2.16. The Morgan fingerprint density at radius 1 is 1.05 bits per heavy atom. The topological polar surface area (TPSA) is 26.3 Å². The molecule has 21 heavy (non-hydrogen) atoms. The minimum atomic E-state index is -0.0560. The third-order valence-corrected chi connectivity index (χ3v) is 3.74. The predicted molar refractivity (Wildman–Crippen MR) is 86.0 cm³/mol. The van der Waals surface area contributed by atoms with E-state index in [2.05, 4.69) is 6.92 Å². The van der Waals surface area contributed by atoms with Crippen molar-refractivity contribution in [2.24, 2.45) is 0 Å². The summed E-state index contributed by atoms with van der Waals surface area (Å²) in [6.07, 6.45) is 3.05. The van der Waals surface area contributed by atoms with Crippen LogP contribution in [-0.4, -0.2) is 12.9 Å². The van der Waals surface area contributed by atoms with E-state index >= 15 is 0 Å². The van der Waals surface area contributed by atoms with Gasteiger partial charge in [0.15, 0.2) is 5.78 Å². The molecule has 0 aliphatic carbocycles. The molecular formula is C19H22O2. The summed E-state index contributed by atoms with van der Waals surface area (Å²) < 4.78 is 5.15.